The number of nitrogens with one attached hydrogen (secondary N) is 1. The van der Waals surface area contributed by atoms with Crippen LogP contribution in [0.15, 0.2) is 18.2 Å². The maximum absolute atomic E-state index is 12.2. The average molecular weight is 296 g/mol. The number of nitrogens with zero attached hydrogens (tertiary/aromatic N) is 1. The molecular weight excluding hydrogens is 274 g/mol. The summed E-state index contributed by atoms with van der Waals surface area (Å²) in [6.07, 6.45) is 1.94. The minimum Gasteiger partial charge on any atom is -0.328 e. The van der Waals surface area contributed by atoms with E-state index in [4.69, 9.17) is 17.3 Å². The van der Waals surface area contributed by atoms with Crippen LogP contribution in [0.2, 0.25) is 5.02 Å². The van der Waals surface area contributed by atoms with Crippen LogP contribution < -0.4 is 11.1 Å². The van der Waals surface area contributed by atoms with Crippen molar-refractivity contribution >= 4 is 23.3 Å². The van der Waals surface area contributed by atoms with E-state index in [1.807, 2.05) is 30.9 Å². The topological polar surface area (TPSA) is 58.4 Å². The minimum absolute atomic E-state index is 0.0620. The van der Waals surface area contributed by atoms with E-state index in [1.165, 1.54) is 0 Å². The van der Waals surface area contributed by atoms with Crippen molar-refractivity contribution in [2.75, 3.05) is 18.4 Å². The van der Waals surface area contributed by atoms with Crippen LogP contribution in [0.5, 0.6) is 0 Å². The van der Waals surface area contributed by atoms with Gasteiger partial charge >= 0.3 is 6.03 Å². The monoisotopic (exact) mass is 295 g/mol. The molecule has 1 saturated heterocycles. The van der Waals surface area contributed by atoms with E-state index in [-0.39, 0.29) is 12.1 Å². The summed E-state index contributed by atoms with van der Waals surface area (Å²) in [5.74, 6) is 0.521. The summed E-state index contributed by atoms with van der Waals surface area (Å²) in [6.45, 7) is 5.50. The molecule has 1 aromatic rings. The van der Waals surface area contributed by atoms with Crippen LogP contribution in [0.1, 0.15) is 25.3 Å². The van der Waals surface area contributed by atoms with Gasteiger partial charge in [-0.25, -0.2) is 4.79 Å². The number of carbonyl (C=O) groups excluding carboxylic acids is 1. The smallest absolute Gasteiger partial charge is 0.321 e. The van der Waals surface area contributed by atoms with Gasteiger partial charge in [0.05, 0.1) is 0 Å². The van der Waals surface area contributed by atoms with Crippen LogP contribution in [0, 0.1) is 12.8 Å². The lowest BCUT2D eigenvalue weighted by molar-refractivity contribution is 0.176. The Morgan fingerprint density at radius 2 is 2.10 bits per heavy atom. The summed E-state index contributed by atoms with van der Waals surface area (Å²) < 4.78 is 0. The number of urea groups is 1. The van der Waals surface area contributed by atoms with Crippen LogP contribution in [-0.2, 0) is 0 Å². The van der Waals surface area contributed by atoms with Gasteiger partial charge in [-0.15, -0.1) is 0 Å². The highest BCUT2D eigenvalue weighted by Crippen LogP contribution is 2.22. The molecule has 0 aromatic heterocycles. The van der Waals surface area contributed by atoms with Crippen molar-refractivity contribution in [3.63, 3.8) is 0 Å². The molecule has 3 N–H and O–H groups in total. The first kappa shape index (κ1) is 15.1. The molecule has 110 valence electrons. The van der Waals surface area contributed by atoms with Gasteiger partial charge in [0.15, 0.2) is 0 Å². The number of hydrogen-bond donors (Lipinski definition) is 2. The molecule has 1 aromatic carbocycles. The van der Waals surface area contributed by atoms with E-state index in [0.29, 0.717) is 10.9 Å². The standard InChI is InChI=1S/C15H22ClN3O/c1-10-3-4-13(9-14(10)16)18-15(20)19-7-5-12(6-8-19)11(2)17/h3-4,9,11-12H,5-8,17H2,1-2H3,(H,18,20). The Morgan fingerprint density at radius 1 is 1.45 bits per heavy atom. The molecule has 0 radical (unpaired) electrons. The van der Waals surface area contributed by atoms with Crippen molar-refractivity contribution in [3.8, 4) is 0 Å². The first-order valence-electron chi connectivity index (χ1n) is 7.05. The van der Waals surface area contributed by atoms with Crippen molar-refractivity contribution in [3.05, 3.63) is 28.8 Å². The first-order chi connectivity index (χ1) is 9.47. The summed E-state index contributed by atoms with van der Waals surface area (Å²) >= 11 is 6.06. The molecule has 0 aliphatic carbocycles. The molecule has 1 heterocycles. The van der Waals surface area contributed by atoms with Crippen molar-refractivity contribution in [2.24, 2.45) is 11.7 Å². The average Bonchev–Trinajstić information content (AvgIpc) is 2.43. The predicted molar refractivity (Wildman–Crippen MR) is 83.2 cm³/mol. The van der Waals surface area contributed by atoms with E-state index in [1.54, 1.807) is 6.07 Å². The van der Waals surface area contributed by atoms with Crippen LogP contribution in [0.3, 0.4) is 0 Å². The molecule has 20 heavy (non-hydrogen) atoms. The van der Waals surface area contributed by atoms with Gasteiger partial charge in [0, 0.05) is 29.8 Å². The molecule has 1 fully saturated rings. The molecular formula is C15H22ClN3O. The van der Waals surface area contributed by atoms with Gasteiger partial charge in [-0.2, -0.15) is 0 Å². The van der Waals surface area contributed by atoms with Gasteiger partial charge in [-0.3, -0.25) is 0 Å². The van der Waals surface area contributed by atoms with Crippen molar-refractivity contribution in [2.45, 2.75) is 32.7 Å². The summed E-state index contributed by atoms with van der Waals surface area (Å²) in [4.78, 5) is 14.0. The molecule has 0 bridgehead atoms. The molecule has 2 rings (SSSR count). The highest BCUT2D eigenvalue weighted by molar-refractivity contribution is 6.31. The highest BCUT2D eigenvalue weighted by atomic mass is 35.5. The van der Waals surface area contributed by atoms with Crippen molar-refractivity contribution in [1.29, 1.82) is 0 Å². The number of amides is 2. The second-order valence-corrected chi connectivity index (χ2v) is 5.98. The Kier molecular flexibility index (Phi) is 4.89. The molecule has 1 aliphatic heterocycles. The number of likely N-dealkylation sites (tertiary alicyclic amines) is 1. The van der Waals surface area contributed by atoms with Crippen LogP contribution in [-0.4, -0.2) is 30.1 Å². The van der Waals surface area contributed by atoms with E-state index in [9.17, 15) is 4.79 Å². The third-order valence-electron chi connectivity index (χ3n) is 3.99. The molecule has 1 atom stereocenters. The van der Waals surface area contributed by atoms with Gasteiger partial charge in [-0.1, -0.05) is 17.7 Å². The fourth-order valence-electron chi connectivity index (χ4n) is 2.50. The molecule has 5 heteroatoms. The van der Waals surface area contributed by atoms with Crippen LogP contribution in [0.4, 0.5) is 10.5 Å². The van der Waals surface area contributed by atoms with Crippen molar-refractivity contribution < 1.29 is 4.79 Å². The lowest BCUT2D eigenvalue weighted by Crippen LogP contribution is -2.44. The Labute approximate surface area is 125 Å². The minimum atomic E-state index is -0.0620. The first-order valence-corrected chi connectivity index (χ1v) is 7.43. The van der Waals surface area contributed by atoms with Crippen LogP contribution in [0.25, 0.3) is 0 Å². The predicted octanol–water partition coefficient (Wildman–Crippen LogP) is 3.24. The van der Waals surface area contributed by atoms with Gasteiger partial charge < -0.3 is 16.0 Å². The maximum Gasteiger partial charge on any atom is 0.321 e. The van der Waals surface area contributed by atoms with Crippen molar-refractivity contribution in [1.82, 2.24) is 4.90 Å². The quantitative estimate of drug-likeness (QED) is 0.880. The van der Waals surface area contributed by atoms with Gasteiger partial charge in [0.25, 0.3) is 0 Å². The summed E-state index contributed by atoms with van der Waals surface area (Å²) in [6, 6.07) is 5.70. The SMILES string of the molecule is Cc1ccc(NC(=O)N2CCC(C(C)N)CC2)cc1Cl. The number of anilines is 1. The Hall–Kier alpha value is -1.26. The van der Waals surface area contributed by atoms with E-state index < -0.39 is 0 Å². The normalized spacial score (nSPS) is 17.9. The van der Waals surface area contributed by atoms with Gasteiger partial charge in [0.1, 0.15) is 0 Å². The maximum atomic E-state index is 12.2. The number of benzene rings is 1. The third kappa shape index (κ3) is 3.64. The largest absolute Gasteiger partial charge is 0.328 e. The Balaban J connectivity index is 1.91. The zero-order chi connectivity index (χ0) is 14.7. The second kappa shape index (κ2) is 6.46. The van der Waals surface area contributed by atoms with Crippen LogP contribution >= 0.6 is 11.6 Å². The molecule has 4 nitrogen and oxygen atoms in total. The van der Waals surface area contributed by atoms with E-state index in [0.717, 1.165) is 37.2 Å². The van der Waals surface area contributed by atoms with Gasteiger partial charge in [0.2, 0.25) is 0 Å². The highest BCUT2D eigenvalue weighted by Gasteiger charge is 2.24. The Bertz CT molecular complexity index is 482. The fourth-order valence-corrected chi connectivity index (χ4v) is 2.68. The molecule has 1 unspecified atom stereocenters. The number of carbonyl (C=O) groups is 1. The molecule has 0 spiro atoms. The summed E-state index contributed by atoms with van der Waals surface area (Å²) in [5.41, 5.74) is 7.65. The number of hydrogen-bond acceptors (Lipinski definition) is 2. The number of rotatable bonds is 2. The van der Waals surface area contributed by atoms with E-state index in [2.05, 4.69) is 5.32 Å². The number of piperidine rings is 1. The lowest BCUT2D eigenvalue weighted by Gasteiger charge is -2.33. The molecule has 1 aliphatic rings. The van der Waals surface area contributed by atoms with E-state index >= 15 is 0 Å². The molecule has 2 amide bonds. The fraction of sp³-hybridized carbons (Fsp3) is 0.533. The Morgan fingerprint density at radius 3 is 2.65 bits per heavy atom. The zero-order valence-corrected chi connectivity index (χ0v) is 12.8. The summed E-state index contributed by atoms with van der Waals surface area (Å²) in [5, 5.41) is 3.56. The number of aryl methyl sites for hydroxylation is 1. The lowest BCUT2D eigenvalue weighted by atomic mass is 9.91. The number of halogens is 1. The molecule has 0 saturated carbocycles. The second-order valence-electron chi connectivity index (χ2n) is 5.58. The summed E-state index contributed by atoms with van der Waals surface area (Å²) in [7, 11) is 0. The van der Waals surface area contributed by atoms with Gasteiger partial charge in [-0.05, 0) is 50.3 Å². The third-order valence-corrected chi connectivity index (χ3v) is 4.40. The number of nitrogens with two attached hydrogens (primary N) is 1. The zero-order valence-electron chi connectivity index (χ0n) is 12.0.